The Balaban J connectivity index is 1.52. The van der Waals surface area contributed by atoms with Gasteiger partial charge in [0.1, 0.15) is 18.0 Å². The summed E-state index contributed by atoms with van der Waals surface area (Å²) in [7, 11) is 1.40. The topological polar surface area (TPSA) is 65.0 Å². The summed E-state index contributed by atoms with van der Waals surface area (Å²) in [5.74, 6) is 1.07. The molecule has 0 amide bonds. The van der Waals surface area contributed by atoms with E-state index in [9.17, 15) is 8.42 Å². The van der Waals surface area contributed by atoms with Gasteiger partial charge in [-0.15, -0.1) is 4.40 Å². The van der Waals surface area contributed by atoms with Gasteiger partial charge in [-0.1, -0.05) is 42.8 Å². The molecular weight excluding hydrogens is 422 g/mol. The van der Waals surface area contributed by atoms with Crippen molar-refractivity contribution in [2.75, 3.05) is 0 Å². The van der Waals surface area contributed by atoms with Gasteiger partial charge in [-0.25, -0.2) is 0 Å². The van der Waals surface area contributed by atoms with Crippen LogP contribution in [0.25, 0.3) is 0 Å². The first kappa shape index (κ1) is 19.9. The summed E-state index contributed by atoms with van der Waals surface area (Å²) in [6.07, 6.45) is 6.24. The van der Waals surface area contributed by atoms with E-state index in [1.165, 1.54) is 11.1 Å². The van der Waals surface area contributed by atoms with Gasteiger partial charge in [-0.2, -0.15) is 8.42 Å². The summed E-state index contributed by atoms with van der Waals surface area (Å²) in [5, 5.41) is 0. The Morgan fingerprint density at radius 3 is 2.67 bits per heavy atom. The van der Waals surface area contributed by atoms with E-state index >= 15 is 0 Å². The van der Waals surface area contributed by atoms with Crippen LogP contribution < -0.4 is 4.74 Å². The SMILES string of the molecule is O=S(=O)(Cl)/N=C1/CC23CCCCC2(CCc2ccc(OCc4ccccc4)cc23)O1. The van der Waals surface area contributed by atoms with Crippen LogP contribution in [-0.4, -0.2) is 19.9 Å². The minimum atomic E-state index is -4.01. The maximum atomic E-state index is 11.6. The third-order valence-electron chi connectivity index (χ3n) is 6.93. The van der Waals surface area contributed by atoms with E-state index in [1.807, 2.05) is 36.4 Å². The summed E-state index contributed by atoms with van der Waals surface area (Å²) in [6.45, 7) is 0.505. The first-order valence-corrected chi connectivity index (χ1v) is 12.7. The Kier molecular flexibility index (Phi) is 4.82. The first-order chi connectivity index (χ1) is 14.4. The average Bonchev–Trinajstić information content (AvgIpc) is 3.06. The van der Waals surface area contributed by atoms with E-state index in [4.69, 9.17) is 20.2 Å². The molecule has 5 nitrogen and oxygen atoms in total. The molecule has 3 aliphatic rings. The normalized spacial score (nSPS) is 28.9. The lowest BCUT2D eigenvalue weighted by Gasteiger charge is -2.51. The summed E-state index contributed by atoms with van der Waals surface area (Å²) in [4.78, 5) is 0. The molecule has 0 spiro atoms. The molecule has 30 heavy (non-hydrogen) atoms. The van der Waals surface area contributed by atoms with Crippen molar-refractivity contribution in [3.05, 3.63) is 65.2 Å². The van der Waals surface area contributed by atoms with Crippen molar-refractivity contribution in [3.8, 4) is 5.75 Å². The molecule has 2 aromatic rings. The van der Waals surface area contributed by atoms with Gasteiger partial charge in [0.05, 0.1) is 0 Å². The fourth-order valence-corrected chi connectivity index (χ4v) is 6.25. The average molecular weight is 446 g/mol. The number of hydrogen-bond acceptors (Lipinski definition) is 4. The van der Waals surface area contributed by atoms with Crippen LogP contribution in [0, 0.1) is 0 Å². The van der Waals surface area contributed by atoms with Crippen LogP contribution in [0.15, 0.2) is 52.9 Å². The minimum absolute atomic E-state index is 0.246. The van der Waals surface area contributed by atoms with Gasteiger partial charge in [-0.05, 0) is 60.9 Å². The molecule has 7 heteroatoms. The van der Waals surface area contributed by atoms with Crippen LogP contribution in [0.1, 0.15) is 55.2 Å². The molecule has 1 saturated carbocycles. The van der Waals surface area contributed by atoms with E-state index < -0.39 is 14.8 Å². The highest BCUT2D eigenvalue weighted by Gasteiger charge is 2.63. The standard InChI is InChI=1S/C23H24ClNO4S/c24-30(26,27)25-21-15-22-11-4-5-12-23(22,29-21)13-10-18-8-9-19(14-20(18)22)28-16-17-6-2-1-3-7-17/h1-3,6-9,14H,4-5,10-13,15-16H2/b25-21-. The second-order valence-electron chi connectivity index (χ2n) is 8.55. The van der Waals surface area contributed by atoms with Crippen LogP contribution in [0.4, 0.5) is 0 Å². The Morgan fingerprint density at radius 1 is 1.07 bits per heavy atom. The molecule has 1 saturated heterocycles. The second-order valence-corrected chi connectivity index (χ2v) is 10.7. The predicted molar refractivity (Wildman–Crippen MR) is 116 cm³/mol. The van der Waals surface area contributed by atoms with Gasteiger partial charge < -0.3 is 9.47 Å². The number of halogens is 1. The zero-order valence-corrected chi connectivity index (χ0v) is 18.2. The molecule has 1 heterocycles. The highest BCUT2D eigenvalue weighted by molar-refractivity contribution is 8.12. The maximum absolute atomic E-state index is 11.6. The van der Waals surface area contributed by atoms with Crippen LogP contribution in [0.3, 0.4) is 0 Å². The molecule has 0 bridgehead atoms. The van der Waals surface area contributed by atoms with Crippen molar-refractivity contribution in [3.63, 3.8) is 0 Å². The van der Waals surface area contributed by atoms with Gasteiger partial charge in [-0.3, -0.25) is 0 Å². The lowest BCUT2D eigenvalue weighted by Crippen LogP contribution is -2.53. The fraction of sp³-hybridized carbons (Fsp3) is 0.435. The summed E-state index contributed by atoms with van der Waals surface area (Å²) in [5.41, 5.74) is 2.95. The van der Waals surface area contributed by atoms with Crippen LogP contribution in [0.2, 0.25) is 0 Å². The molecule has 2 atom stereocenters. The molecule has 2 fully saturated rings. The summed E-state index contributed by atoms with van der Waals surface area (Å²) < 4.78 is 39.3. The summed E-state index contributed by atoms with van der Waals surface area (Å²) in [6, 6.07) is 16.4. The quantitative estimate of drug-likeness (QED) is 0.616. The van der Waals surface area contributed by atoms with Gasteiger partial charge in [0, 0.05) is 22.5 Å². The lowest BCUT2D eigenvalue weighted by molar-refractivity contribution is -0.0325. The fourth-order valence-electron chi connectivity index (χ4n) is 5.67. The van der Waals surface area contributed by atoms with E-state index in [0.717, 1.165) is 49.8 Å². The third kappa shape index (κ3) is 3.40. The Morgan fingerprint density at radius 2 is 1.87 bits per heavy atom. The molecule has 0 N–H and O–H groups in total. The van der Waals surface area contributed by atoms with Crippen molar-refractivity contribution in [1.82, 2.24) is 0 Å². The van der Waals surface area contributed by atoms with Crippen LogP contribution in [0.5, 0.6) is 5.75 Å². The van der Waals surface area contributed by atoms with Crippen molar-refractivity contribution in [2.24, 2.45) is 4.40 Å². The monoisotopic (exact) mass is 445 g/mol. The van der Waals surface area contributed by atoms with Crippen molar-refractivity contribution in [1.29, 1.82) is 0 Å². The van der Waals surface area contributed by atoms with Crippen molar-refractivity contribution in [2.45, 2.75) is 62.6 Å². The van der Waals surface area contributed by atoms with Crippen molar-refractivity contribution >= 4 is 25.8 Å². The van der Waals surface area contributed by atoms with Crippen LogP contribution >= 0.6 is 10.7 Å². The molecule has 0 aromatic heterocycles. The smallest absolute Gasteiger partial charge is 0.342 e. The zero-order chi connectivity index (χ0) is 20.8. The summed E-state index contributed by atoms with van der Waals surface area (Å²) >= 11 is 0. The second kappa shape index (κ2) is 7.27. The number of rotatable bonds is 4. The molecular formula is C23H24ClNO4S. The first-order valence-electron chi connectivity index (χ1n) is 10.4. The van der Waals surface area contributed by atoms with Gasteiger partial charge in [0.15, 0.2) is 0 Å². The number of fused-ring (bicyclic) bond motifs is 1. The van der Waals surface area contributed by atoms with Gasteiger partial charge in [0.25, 0.3) is 0 Å². The minimum Gasteiger partial charge on any atom is -0.489 e. The highest BCUT2D eigenvalue weighted by atomic mass is 35.7. The predicted octanol–water partition coefficient (Wildman–Crippen LogP) is 5.06. The largest absolute Gasteiger partial charge is 0.489 e. The maximum Gasteiger partial charge on any atom is 0.342 e. The molecule has 0 radical (unpaired) electrons. The number of nitrogens with zero attached hydrogens (tertiary/aromatic N) is 1. The van der Waals surface area contributed by atoms with E-state index in [0.29, 0.717) is 13.0 Å². The Bertz CT molecular complexity index is 1100. The van der Waals surface area contributed by atoms with Crippen molar-refractivity contribution < 1.29 is 17.9 Å². The Hall–Kier alpha value is -2.05. The number of benzene rings is 2. The third-order valence-corrected chi connectivity index (χ3v) is 7.56. The lowest BCUT2D eigenvalue weighted by atomic mass is 9.54. The van der Waals surface area contributed by atoms with E-state index in [1.54, 1.807) is 0 Å². The van der Waals surface area contributed by atoms with E-state index in [2.05, 4.69) is 16.5 Å². The molecule has 1 aliphatic heterocycles. The van der Waals surface area contributed by atoms with Gasteiger partial charge >= 0.3 is 9.24 Å². The zero-order valence-electron chi connectivity index (χ0n) is 16.6. The molecule has 2 aromatic carbocycles. The number of hydrogen-bond donors (Lipinski definition) is 0. The number of ether oxygens (including phenoxy) is 2. The molecule has 158 valence electrons. The van der Waals surface area contributed by atoms with E-state index in [-0.39, 0.29) is 11.3 Å². The molecule has 2 unspecified atom stereocenters. The van der Waals surface area contributed by atoms with Gasteiger partial charge in [0.2, 0.25) is 5.90 Å². The van der Waals surface area contributed by atoms with Crippen LogP contribution in [-0.2, 0) is 32.4 Å². The molecule has 5 rings (SSSR count). The number of aryl methyl sites for hydroxylation is 1. The molecule has 2 aliphatic carbocycles. The Labute approximate surface area is 181 Å². The highest BCUT2D eigenvalue weighted by Crippen LogP contribution is 2.60.